The lowest BCUT2D eigenvalue weighted by molar-refractivity contribution is -0.440. The van der Waals surface area contributed by atoms with Crippen LogP contribution in [0.3, 0.4) is 0 Å². The Labute approximate surface area is 167 Å². The molecule has 1 nitrogen and oxygen atoms in total. The first-order chi connectivity index (χ1) is 13.7. The van der Waals surface area contributed by atoms with Crippen LogP contribution in [0.1, 0.15) is 30.6 Å². The Morgan fingerprint density at radius 3 is 1.58 bits per heavy atom. The quantitative estimate of drug-likeness (QED) is 0.343. The molecule has 0 aliphatic heterocycles. The molecule has 0 aliphatic rings. The van der Waals surface area contributed by atoms with Gasteiger partial charge < -0.3 is 4.74 Å². The summed E-state index contributed by atoms with van der Waals surface area (Å²) in [5.74, 6) is -37.0. The number of methoxy groups -OCH3 is 1. The highest BCUT2D eigenvalue weighted by atomic mass is 19.4. The summed E-state index contributed by atoms with van der Waals surface area (Å²) in [6.45, 7) is 1.49. The van der Waals surface area contributed by atoms with E-state index in [0.717, 1.165) is 6.07 Å². The van der Waals surface area contributed by atoms with Gasteiger partial charge in [-0.05, 0) is 17.5 Å². The second kappa shape index (κ2) is 8.32. The molecule has 0 aromatic heterocycles. The minimum absolute atomic E-state index is 0.115. The number of ether oxygens (including phenoxy) is 1. The van der Waals surface area contributed by atoms with Gasteiger partial charge >= 0.3 is 35.8 Å². The van der Waals surface area contributed by atoms with E-state index in [1.165, 1.54) is 25.1 Å². The highest BCUT2D eigenvalue weighted by Gasteiger charge is 2.90. The van der Waals surface area contributed by atoms with Gasteiger partial charge in [-0.3, -0.25) is 0 Å². The molecule has 180 valence electrons. The van der Waals surface area contributed by atoms with E-state index in [0.29, 0.717) is 7.11 Å². The molecule has 31 heavy (non-hydrogen) atoms. The molecule has 0 saturated carbocycles. The third-order valence-electron chi connectivity index (χ3n) is 4.51. The van der Waals surface area contributed by atoms with Crippen molar-refractivity contribution < 1.29 is 61.8 Å². The Bertz CT molecular complexity index is 755. The maximum Gasteiger partial charge on any atom is 0.460 e. The predicted molar refractivity (Wildman–Crippen MR) is 81.0 cm³/mol. The maximum absolute atomic E-state index is 14.1. The lowest BCUT2D eigenvalue weighted by atomic mass is 9.89. The number of hydrogen-bond donors (Lipinski definition) is 0. The number of aryl methyl sites for hydroxylation is 1. The lowest BCUT2D eigenvalue weighted by Gasteiger charge is -2.40. The van der Waals surface area contributed by atoms with Crippen LogP contribution < -0.4 is 0 Å². The molecule has 0 saturated heterocycles. The zero-order chi connectivity index (χ0) is 24.7. The number of benzene rings is 1. The molecule has 0 heterocycles. The Kier molecular flexibility index (Phi) is 7.33. The van der Waals surface area contributed by atoms with Crippen molar-refractivity contribution in [3.05, 3.63) is 35.4 Å². The molecule has 1 aromatic carbocycles. The summed E-state index contributed by atoms with van der Waals surface area (Å²) < 4.78 is 176. The van der Waals surface area contributed by atoms with Crippen molar-refractivity contribution in [3.8, 4) is 0 Å². The van der Waals surface area contributed by atoms with Gasteiger partial charge in [0.15, 0.2) is 0 Å². The number of halogens is 13. The van der Waals surface area contributed by atoms with E-state index in [1.807, 2.05) is 0 Å². The van der Waals surface area contributed by atoms with Crippen molar-refractivity contribution in [2.45, 2.75) is 61.7 Å². The van der Waals surface area contributed by atoms with Crippen LogP contribution in [0.4, 0.5) is 57.1 Å². The predicted octanol–water partition coefficient (Wildman–Crippen LogP) is 7.07. The molecule has 1 unspecified atom stereocenters. The third kappa shape index (κ3) is 4.31. The second-order valence-electron chi connectivity index (χ2n) is 6.48. The van der Waals surface area contributed by atoms with Crippen LogP contribution in [0.25, 0.3) is 0 Å². The molecule has 1 rings (SSSR count). The van der Waals surface area contributed by atoms with Gasteiger partial charge in [0, 0.05) is 13.5 Å². The van der Waals surface area contributed by atoms with E-state index in [2.05, 4.69) is 4.74 Å². The van der Waals surface area contributed by atoms with E-state index in [9.17, 15) is 57.1 Å². The van der Waals surface area contributed by atoms with Gasteiger partial charge in [0.2, 0.25) is 0 Å². The average Bonchev–Trinajstić information content (AvgIpc) is 2.64. The van der Waals surface area contributed by atoms with Gasteiger partial charge in [0.1, 0.15) is 0 Å². The molecule has 0 fully saturated rings. The zero-order valence-electron chi connectivity index (χ0n) is 15.6. The smallest absolute Gasteiger partial charge is 0.377 e. The highest BCUT2D eigenvalue weighted by molar-refractivity contribution is 5.29. The van der Waals surface area contributed by atoms with Crippen LogP contribution in [0.2, 0.25) is 0 Å². The van der Waals surface area contributed by atoms with Gasteiger partial charge in [-0.2, -0.15) is 57.1 Å². The zero-order valence-corrected chi connectivity index (χ0v) is 15.6. The molecule has 0 N–H and O–H groups in total. The van der Waals surface area contributed by atoms with Crippen LogP contribution in [-0.4, -0.2) is 42.9 Å². The molecule has 0 radical (unpaired) electrons. The van der Waals surface area contributed by atoms with E-state index >= 15 is 0 Å². The molecule has 0 amide bonds. The first kappa shape index (κ1) is 27.3. The van der Waals surface area contributed by atoms with Gasteiger partial charge in [-0.1, -0.05) is 31.2 Å². The Morgan fingerprint density at radius 1 is 0.710 bits per heavy atom. The van der Waals surface area contributed by atoms with E-state index in [1.54, 1.807) is 0 Å². The molecule has 0 spiro atoms. The Morgan fingerprint density at radius 2 is 1.16 bits per heavy atom. The molecule has 14 heteroatoms. The standard InChI is InChI=1S/C17H15F13O/c1-3-9-6-4-5-7-10(9)11(31-2)8-12(18,19)13(20,21)14(22,23)15(24,25)16(26,27)17(28,29)30/h4-7,11H,3,8H2,1-2H3. The van der Waals surface area contributed by atoms with Crippen molar-refractivity contribution in [2.24, 2.45) is 0 Å². The first-order valence-electron chi connectivity index (χ1n) is 8.29. The fourth-order valence-corrected chi connectivity index (χ4v) is 2.65. The normalized spacial score (nSPS) is 15.8. The second-order valence-corrected chi connectivity index (χ2v) is 6.48. The van der Waals surface area contributed by atoms with Crippen LogP contribution in [0, 0.1) is 0 Å². The van der Waals surface area contributed by atoms with Gasteiger partial charge in [-0.15, -0.1) is 0 Å². The maximum atomic E-state index is 14.1. The van der Waals surface area contributed by atoms with E-state index in [4.69, 9.17) is 0 Å². The largest absolute Gasteiger partial charge is 0.460 e. The van der Waals surface area contributed by atoms with Gasteiger partial charge in [-0.25, -0.2) is 0 Å². The molecule has 1 atom stereocenters. The number of alkyl halides is 13. The average molecular weight is 482 g/mol. The minimum Gasteiger partial charge on any atom is -0.377 e. The summed E-state index contributed by atoms with van der Waals surface area (Å²) in [7, 11) is 0.690. The minimum atomic E-state index is -7.91. The van der Waals surface area contributed by atoms with E-state index in [-0.39, 0.29) is 17.5 Å². The van der Waals surface area contributed by atoms with Crippen LogP contribution >= 0.6 is 0 Å². The Balaban J connectivity index is 3.45. The van der Waals surface area contributed by atoms with Gasteiger partial charge in [0.05, 0.1) is 6.10 Å². The van der Waals surface area contributed by atoms with Crippen LogP contribution in [0.5, 0.6) is 0 Å². The summed E-state index contributed by atoms with van der Waals surface area (Å²) in [5, 5.41) is 0. The summed E-state index contributed by atoms with van der Waals surface area (Å²) in [5.41, 5.74) is -0.00664. The summed E-state index contributed by atoms with van der Waals surface area (Å²) in [6.07, 6.45) is -11.8. The van der Waals surface area contributed by atoms with Gasteiger partial charge in [0.25, 0.3) is 0 Å². The van der Waals surface area contributed by atoms with E-state index < -0.39 is 48.3 Å². The molecule has 0 bridgehead atoms. The SMILES string of the molecule is CCc1ccccc1C(CC(F)(F)C(F)(F)C(F)(F)C(F)(F)C(F)(F)C(F)(F)F)OC. The van der Waals surface area contributed by atoms with Crippen molar-refractivity contribution in [1.82, 2.24) is 0 Å². The fraction of sp³-hybridized carbons (Fsp3) is 0.647. The van der Waals surface area contributed by atoms with Crippen LogP contribution in [-0.2, 0) is 11.2 Å². The van der Waals surface area contributed by atoms with Crippen molar-refractivity contribution in [3.63, 3.8) is 0 Å². The number of hydrogen-bond acceptors (Lipinski definition) is 1. The topological polar surface area (TPSA) is 9.23 Å². The monoisotopic (exact) mass is 482 g/mol. The number of rotatable bonds is 9. The molecule has 1 aromatic rings. The van der Waals surface area contributed by atoms with Crippen LogP contribution in [0.15, 0.2) is 24.3 Å². The summed E-state index contributed by atoms with van der Waals surface area (Å²) in [4.78, 5) is 0. The summed E-state index contributed by atoms with van der Waals surface area (Å²) in [6, 6.07) is 5.02. The lowest BCUT2D eigenvalue weighted by Crippen LogP contribution is -2.70. The molecule has 0 aliphatic carbocycles. The van der Waals surface area contributed by atoms with Crippen molar-refractivity contribution in [1.29, 1.82) is 0 Å². The van der Waals surface area contributed by atoms with Crippen molar-refractivity contribution in [2.75, 3.05) is 7.11 Å². The Hall–Kier alpha value is -1.73. The summed E-state index contributed by atoms with van der Waals surface area (Å²) >= 11 is 0. The molecular weight excluding hydrogens is 467 g/mol. The first-order valence-corrected chi connectivity index (χ1v) is 8.29. The third-order valence-corrected chi connectivity index (χ3v) is 4.51. The molecular formula is C17H15F13O. The van der Waals surface area contributed by atoms with Crippen molar-refractivity contribution >= 4 is 0 Å². The fourth-order valence-electron chi connectivity index (χ4n) is 2.65. The highest BCUT2D eigenvalue weighted by Crippen LogP contribution is 2.61.